The Labute approximate surface area is 121 Å². The van der Waals surface area contributed by atoms with Crippen LogP contribution in [0.25, 0.3) is 6.08 Å². The zero-order valence-corrected chi connectivity index (χ0v) is 11.3. The number of rotatable bonds is 6. The molecular formula is C15H16FNO4. The summed E-state index contributed by atoms with van der Waals surface area (Å²) in [4.78, 5) is 24.3. The van der Waals surface area contributed by atoms with Crippen LogP contribution in [0.3, 0.4) is 0 Å². The number of benzene rings is 1. The first kappa shape index (κ1) is 15.2. The number of carboxylic acids is 1. The summed E-state index contributed by atoms with van der Waals surface area (Å²) < 4.78 is 13.9. The van der Waals surface area contributed by atoms with Crippen LogP contribution in [0.15, 0.2) is 24.3 Å². The van der Waals surface area contributed by atoms with Gasteiger partial charge in [-0.25, -0.2) is 9.18 Å². The quantitative estimate of drug-likeness (QED) is 0.780. The van der Waals surface area contributed by atoms with Gasteiger partial charge in [0, 0.05) is 18.7 Å². The van der Waals surface area contributed by atoms with Gasteiger partial charge in [-0.3, -0.25) is 4.79 Å². The molecule has 1 amide bonds. The van der Waals surface area contributed by atoms with E-state index in [0.717, 1.165) is 25.0 Å². The molecule has 0 atom stereocenters. The van der Waals surface area contributed by atoms with Crippen molar-refractivity contribution < 1.29 is 24.2 Å². The smallest absolute Gasteiger partial charge is 0.328 e. The number of aliphatic carboxylic acids is 1. The molecule has 0 spiro atoms. The predicted octanol–water partition coefficient (Wildman–Crippen LogP) is 1.52. The van der Waals surface area contributed by atoms with Crippen molar-refractivity contribution in [3.05, 3.63) is 41.2 Å². The van der Waals surface area contributed by atoms with E-state index in [-0.39, 0.29) is 24.8 Å². The van der Waals surface area contributed by atoms with Gasteiger partial charge in [-0.1, -0.05) is 6.07 Å². The van der Waals surface area contributed by atoms with Crippen molar-refractivity contribution in [2.45, 2.75) is 18.9 Å². The summed E-state index contributed by atoms with van der Waals surface area (Å²) in [7, 11) is 0. The van der Waals surface area contributed by atoms with Crippen LogP contribution in [0.5, 0.6) is 0 Å². The van der Waals surface area contributed by atoms with E-state index in [9.17, 15) is 14.0 Å². The fourth-order valence-electron chi connectivity index (χ4n) is 2.08. The zero-order valence-electron chi connectivity index (χ0n) is 11.3. The van der Waals surface area contributed by atoms with Crippen molar-refractivity contribution in [1.29, 1.82) is 0 Å². The number of carboxylic acid groups (broad SMARTS) is 1. The number of aliphatic hydroxyl groups excluding tert-OH is 1. The molecule has 0 saturated heterocycles. The van der Waals surface area contributed by atoms with Gasteiger partial charge in [-0.2, -0.15) is 0 Å². The predicted molar refractivity (Wildman–Crippen MR) is 74.2 cm³/mol. The number of halogens is 1. The summed E-state index contributed by atoms with van der Waals surface area (Å²) in [5, 5.41) is 17.6. The first-order valence-electron chi connectivity index (χ1n) is 6.65. The largest absolute Gasteiger partial charge is 0.478 e. The molecule has 1 aromatic rings. The molecular weight excluding hydrogens is 277 g/mol. The van der Waals surface area contributed by atoms with Crippen LogP contribution in [-0.2, 0) is 4.79 Å². The zero-order chi connectivity index (χ0) is 15.4. The van der Waals surface area contributed by atoms with E-state index in [2.05, 4.69) is 0 Å². The topological polar surface area (TPSA) is 77.8 Å². The number of hydrogen-bond acceptors (Lipinski definition) is 3. The SMILES string of the molecule is O=C(O)C=Cc1ccc(F)c(C(=O)N(CCO)C2CC2)c1. The minimum Gasteiger partial charge on any atom is -0.478 e. The van der Waals surface area contributed by atoms with Gasteiger partial charge in [-0.15, -0.1) is 0 Å². The second-order valence-electron chi connectivity index (χ2n) is 4.86. The lowest BCUT2D eigenvalue weighted by Crippen LogP contribution is -2.36. The van der Waals surface area contributed by atoms with Gasteiger partial charge in [0.1, 0.15) is 5.82 Å². The van der Waals surface area contributed by atoms with E-state index in [0.29, 0.717) is 5.56 Å². The summed E-state index contributed by atoms with van der Waals surface area (Å²) in [6, 6.07) is 3.92. The monoisotopic (exact) mass is 293 g/mol. The lowest BCUT2D eigenvalue weighted by atomic mass is 10.1. The van der Waals surface area contributed by atoms with Crippen molar-refractivity contribution in [1.82, 2.24) is 4.90 Å². The van der Waals surface area contributed by atoms with E-state index in [1.807, 2.05) is 0 Å². The molecule has 2 rings (SSSR count). The van der Waals surface area contributed by atoms with E-state index >= 15 is 0 Å². The molecule has 112 valence electrons. The molecule has 5 nitrogen and oxygen atoms in total. The third-order valence-corrected chi connectivity index (χ3v) is 3.23. The first-order valence-corrected chi connectivity index (χ1v) is 6.65. The molecule has 0 bridgehead atoms. The lowest BCUT2D eigenvalue weighted by molar-refractivity contribution is -0.131. The Morgan fingerprint density at radius 2 is 2.10 bits per heavy atom. The van der Waals surface area contributed by atoms with Crippen molar-refractivity contribution in [3.63, 3.8) is 0 Å². The Morgan fingerprint density at radius 3 is 2.67 bits per heavy atom. The molecule has 0 heterocycles. The van der Waals surface area contributed by atoms with Crippen LogP contribution in [0.2, 0.25) is 0 Å². The van der Waals surface area contributed by atoms with Crippen LogP contribution in [0.4, 0.5) is 4.39 Å². The molecule has 1 aliphatic rings. The Bertz CT molecular complexity index is 581. The van der Waals surface area contributed by atoms with Crippen LogP contribution in [-0.4, -0.2) is 46.2 Å². The minimum absolute atomic E-state index is 0.0577. The van der Waals surface area contributed by atoms with Gasteiger partial charge in [-0.05, 0) is 36.6 Å². The normalized spacial score (nSPS) is 14.4. The molecule has 1 saturated carbocycles. The second kappa shape index (κ2) is 6.49. The Morgan fingerprint density at radius 1 is 1.38 bits per heavy atom. The summed E-state index contributed by atoms with van der Waals surface area (Å²) in [6.07, 6.45) is 3.93. The van der Waals surface area contributed by atoms with Gasteiger partial charge in [0.2, 0.25) is 0 Å². The van der Waals surface area contributed by atoms with E-state index in [1.165, 1.54) is 23.1 Å². The minimum atomic E-state index is -1.12. The van der Waals surface area contributed by atoms with E-state index in [1.54, 1.807) is 0 Å². The fraction of sp³-hybridized carbons (Fsp3) is 0.333. The highest BCUT2D eigenvalue weighted by molar-refractivity contribution is 5.96. The summed E-state index contributed by atoms with van der Waals surface area (Å²) in [5.41, 5.74) is 0.324. The van der Waals surface area contributed by atoms with Crippen molar-refractivity contribution in [2.24, 2.45) is 0 Å². The molecule has 0 aromatic heterocycles. The molecule has 0 unspecified atom stereocenters. The number of aliphatic hydroxyl groups is 1. The number of nitrogens with zero attached hydrogens (tertiary/aromatic N) is 1. The maximum Gasteiger partial charge on any atom is 0.328 e. The first-order chi connectivity index (χ1) is 10.0. The van der Waals surface area contributed by atoms with Gasteiger partial charge in [0.05, 0.1) is 12.2 Å². The lowest BCUT2D eigenvalue weighted by Gasteiger charge is -2.21. The fourth-order valence-corrected chi connectivity index (χ4v) is 2.08. The van der Waals surface area contributed by atoms with E-state index < -0.39 is 17.7 Å². The maximum absolute atomic E-state index is 13.9. The van der Waals surface area contributed by atoms with Gasteiger partial charge in [0.15, 0.2) is 0 Å². The molecule has 6 heteroatoms. The van der Waals surface area contributed by atoms with Crippen molar-refractivity contribution >= 4 is 18.0 Å². The van der Waals surface area contributed by atoms with Crippen molar-refractivity contribution in [3.8, 4) is 0 Å². The average Bonchev–Trinajstić information content (AvgIpc) is 3.27. The highest BCUT2D eigenvalue weighted by Gasteiger charge is 2.33. The molecule has 1 aromatic carbocycles. The number of carbonyl (C=O) groups excluding carboxylic acids is 1. The number of amides is 1. The summed E-state index contributed by atoms with van der Waals surface area (Å²) in [5.74, 6) is -2.25. The maximum atomic E-state index is 13.9. The Kier molecular flexibility index (Phi) is 4.70. The molecule has 1 aliphatic carbocycles. The molecule has 1 fully saturated rings. The second-order valence-corrected chi connectivity index (χ2v) is 4.86. The van der Waals surface area contributed by atoms with Crippen LogP contribution in [0.1, 0.15) is 28.8 Å². The van der Waals surface area contributed by atoms with Crippen LogP contribution < -0.4 is 0 Å². The van der Waals surface area contributed by atoms with Gasteiger partial charge < -0.3 is 15.1 Å². The highest BCUT2D eigenvalue weighted by atomic mass is 19.1. The molecule has 0 radical (unpaired) electrons. The third kappa shape index (κ3) is 3.88. The van der Waals surface area contributed by atoms with Gasteiger partial charge in [0.25, 0.3) is 5.91 Å². The molecule has 21 heavy (non-hydrogen) atoms. The van der Waals surface area contributed by atoms with Gasteiger partial charge >= 0.3 is 5.97 Å². The Hall–Kier alpha value is -2.21. The van der Waals surface area contributed by atoms with Crippen LogP contribution in [0, 0.1) is 5.82 Å². The number of hydrogen-bond donors (Lipinski definition) is 2. The molecule has 0 aliphatic heterocycles. The van der Waals surface area contributed by atoms with E-state index in [4.69, 9.17) is 10.2 Å². The Balaban J connectivity index is 2.26. The highest BCUT2D eigenvalue weighted by Crippen LogP contribution is 2.28. The van der Waals surface area contributed by atoms with Crippen LogP contribution >= 0.6 is 0 Å². The molecule has 2 N–H and O–H groups in total. The average molecular weight is 293 g/mol. The third-order valence-electron chi connectivity index (χ3n) is 3.23. The number of carbonyl (C=O) groups is 2. The van der Waals surface area contributed by atoms with Crippen molar-refractivity contribution in [2.75, 3.05) is 13.2 Å². The standard InChI is InChI=1S/C15H16FNO4/c16-13-5-1-10(2-6-14(19)20)9-12(13)15(21)17(7-8-18)11-3-4-11/h1-2,5-6,9,11,18H,3-4,7-8H2,(H,19,20). The summed E-state index contributed by atoms with van der Waals surface area (Å²) >= 11 is 0. The summed E-state index contributed by atoms with van der Waals surface area (Å²) in [6.45, 7) is -0.0133.